The summed E-state index contributed by atoms with van der Waals surface area (Å²) in [6, 6.07) is 6.21. The highest BCUT2D eigenvalue weighted by molar-refractivity contribution is 5.32. The SMILES string of the molecule is O=c1ccoc(C(O)c2cccc(F)c2)c1O. The van der Waals surface area contributed by atoms with E-state index < -0.39 is 23.1 Å². The summed E-state index contributed by atoms with van der Waals surface area (Å²) in [5.74, 6) is -1.51. The summed E-state index contributed by atoms with van der Waals surface area (Å²) in [6.07, 6.45) is -0.334. The molecule has 2 rings (SSSR count). The molecule has 5 heteroatoms. The van der Waals surface area contributed by atoms with E-state index in [4.69, 9.17) is 4.42 Å². The highest BCUT2D eigenvalue weighted by Gasteiger charge is 2.19. The van der Waals surface area contributed by atoms with Crippen LogP contribution in [0.25, 0.3) is 0 Å². The first kappa shape index (κ1) is 11.3. The number of hydrogen-bond donors (Lipinski definition) is 2. The van der Waals surface area contributed by atoms with Gasteiger partial charge in [0.1, 0.15) is 11.9 Å². The van der Waals surface area contributed by atoms with E-state index in [0.29, 0.717) is 0 Å². The van der Waals surface area contributed by atoms with Crippen LogP contribution < -0.4 is 5.43 Å². The minimum Gasteiger partial charge on any atom is -0.502 e. The van der Waals surface area contributed by atoms with Crippen molar-refractivity contribution in [2.75, 3.05) is 0 Å². The lowest BCUT2D eigenvalue weighted by Crippen LogP contribution is -2.06. The highest BCUT2D eigenvalue weighted by Crippen LogP contribution is 2.26. The first-order chi connectivity index (χ1) is 8.09. The summed E-state index contributed by atoms with van der Waals surface area (Å²) in [5, 5.41) is 19.3. The number of aliphatic hydroxyl groups is 1. The van der Waals surface area contributed by atoms with Crippen LogP contribution in [0.2, 0.25) is 0 Å². The Morgan fingerprint density at radius 3 is 2.76 bits per heavy atom. The molecule has 2 N–H and O–H groups in total. The summed E-state index contributed by atoms with van der Waals surface area (Å²) in [4.78, 5) is 11.1. The van der Waals surface area contributed by atoms with Gasteiger partial charge in [-0.25, -0.2) is 4.39 Å². The van der Waals surface area contributed by atoms with Gasteiger partial charge in [0.15, 0.2) is 5.76 Å². The maximum absolute atomic E-state index is 13.0. The molecule has 0 spiro atoms. The lowest BCUT2D eigenvalue weighted by Gasteiger charge is -2.10. The fourth-order valence-corrected chi connectivity index (χ4v) is 1.45. The van der Waals surface area contributed by atoms with E-state index in [1.165, 1.54) is 18.2 Å². The monoisotopic (exact) mass is 236 g/mol. The van der Waals surface area contributed by atoms with Gasteiger partial charge in [0, 0.05) is 6.07 Å². The van der Waals surface area contributed by atoms with Crippen molar-refractivity contribution < 1.29 is 19.0 Å². The van der Waals surface area contributed by atoms with Crippen molar-refractivity contribution in [1.29, 1.82) is 0 Å². The molecule has 17 heavy (non-hydrogen) atoms. The summed E-state index contributed by atoms with van der Waals surface area (Å²) in [7, 11) is 0. The van der Waals surface area contributed by atoms with Crippen molar-refractivity contribution >= 4 is 0 Å². The van der Waals surface area contributed by atoms with Crippen molar-refractivity contribution in [2.45, 2.75) is 6.10 Å². The van der Waals surface area contributed by atoms with Gasteiger partial charge < -0.3 is 14.6 Å². The normalized spacial score (nSPS) is 12.4. The molecule has 1 atom stereocenters. The fraction of sp³-hybridized carbons (Fsp3) is 0.0833. The van der Waals surface area contributed by atoms with Gasteiger partial charge in [0.05, 0.1) is 6.26 Å². The summed E-state index contributed by atoms with van der Waals surface area (Å²) < 4.78 is 17.8. The maximum Gasteiger partial charge on any atom is 0.226 e. The number of aromatic hydroxyl groups is 1. The fourth-order valence-electron chi connectivity index (χ4n) is 1.45. The lowest BCUT2D eigenvalue weighted by molar-refractivity contribution is 0.178. The number of hydrogen-bond acceptors (Lipinski definition) is 4. The molecule has 4 nitrogen and oxygen atoms in total. The molecule has 0 aliphatic heterocycles. The molecule has 0 fully saturated rings. The van der Waals surface area contributed by atoms with E-state index in [-0.39, 0.29) is 11.3 Å². The van der Waals surface area contributed by atoms with Crippen molar-refractivity contribution in [3.63, 3.8) is 0 Å². The summed E-state index contributed by atoms with van der Waals surface area (Å²) in [5.41, 5.74) is -0.476. The molecule has 0 bridgehead atoms. The Morgan fingerprint density at radius 2 is 2.06 bits per heavy atom. The largest absolute Gasteiger partial charge is 0.502 e. The van der Waals surface area contributed by atoms with Crippen LogP contribution in [-0.2, 0) is 0 Å². The molecule has 1 heterocycles. The molecular weight excluding hydrogens is 227 g/mol. The molecule has 2 aromatic rings. The second-order valence-corrected chi connectivity index (χ2v) is 3.46. The van der Waals surface area contributed by atoms with Crippen molar-refractivity contribution in [2.24, 2.45) is 0 Å². The van der Waals surface area contributed by atoms with E-state index in [1.54, 1.807) is 0 Å². The van der Waals surface area contributed by atoms with Crippen LogP contribution in [0.4, 0.5) is 4.39 Å². The van der Waals surface area contributed by atoms with E-state index in [2.05, 4.69) is 0 Å². The maximum atomic E-state index is 13.0. The van der Waals surface area contributed by atoms with Gasteiger partial charge in [0.2, 0.25) is 11.2 Å². The van der Waals surface area contributed by atoms with Gasteiger partial charge in [-0.15, -0.1) is 0 Å². The standard InChI is InChI=1S/C12H9FO4/c13-8-3-1-2-7(6-8)10(15)12-11(16)9(14)4-5-17-12/h1-6,10,15-16H. The van der Waals surface area contributed by atoms with E-state index in [1.807, 2.05) is 0 Å². The Bertz CT molecular complexity index is 591. The van der Waals surface area contributed by atoms with Crippen LogP contribution in [0, 0.1) is 5.82 Å². The molecule has 0 radical (unpaired) electrons. The number of rotatable bonds is 2. The zero-order chi connectivity index (χ0) is 12.4. The Balaban J connectivity index is 2.47. The molecule has 0 aliphatic carbocycles. The zero-order valence-corrected chi connectivity index (χ0v) is 8.63. The van der Waals surface area contributed by atoms with Crippen LogP contribution in [0.15, 0.2) is 45.8 Å². The molecule has 0 aliphatic rings. The van der Waals surface area contributed by atoms with E-state index in [0.717, 1.165) is 18.4 Å². The number of benzene rings is 1. The third-order valence-corrected chi connectivity index (χ3v) is 2.29. The third kappa shape index (κ3) is 2.19. The van der Waals surface area contributed by atoms with Crippen LogP contribution in [0.1, 0.15) is 17.4 Å². The predicted molar refractivity (Wildman–Crippen MR) is 57.1 cm³/mol. The van der Waals surface area contributed by atoms with E-state index in [9.17, 15) is 19.4 Å². The average Bonchev–Trinajstić information content (AvgIpc) is 2.32. The Kier molecular flexibility index (Phi) is 2.93. The second kappa shape index (κ2) is 4.39. The topological polar surface area (TPSA) is 70.7 Å². The number of halogens is 1. The van der Waals surface area contributed by atoms with Gasteiger partial charge >= 0.3 is 0 Å². The molecule has 0 saturated heterocycles. The quantitative estimate of drug-likeness (QED) is 0.830. The van der Waals surface area contributed by atoms with Crippen molar-refractivity contribution in [3.8, 4) is 5.75 Å². The van der Waals surface area contributed by atoms with Crippen molar-refractivity contribution in [3.05, 3.63) is 64.0 Å². The molecule has 0 amide bonds. The smallest absolute Gasteiger partial charge is 0.226 e. The molecule has 1 unspecified atom stereocenters. The average molecular weight is 236 g/mol. The van der Waals surface area contributed by atoms with Crippen LogP contribution in [0.5, 0.6) is 5.75 Å². The third-order valence-electron chi connectivity index (χ3n) is 2.29. The van der Waals surface area contributed by atoms with E-state index >= 15 is 0 Å². The van der Waals surface area contributed by atoms with Crippen LogP contribution >= 0.6 is 0 Å². The van der Waals surface area contributed by atoms with Gasteiger partial charge in [-0.3, -0.25) is 4.79 Å². The molecule has 1 aromatic heterocycles. The summed E-state index contributed by atoms with van der Waals surface area (Å²) >= 11 is 0. The molecule has 0 saturated carbocycles. The van der Waals surface area contributed by atoms with Gasteiger partial charge in [-0.2, -0.15) is 0 Å². The minimum absolute atomic E-state index is 0.189. The van der Waals surface area contributed by atoms with Gasteiger partial charge in [-0.05, 0) is 17.7 Å². The number of aliphatic hydroxyl groups excluding tert-OH is 1. The summed E-state index contributed by atoms with van der Waals surface area (Å²) in [6.45, 7) is 0. The highest BCUT2D eigenvalue weighted by atomic mass is 19.1. The van der Waals surface area contributed by atoms with Gasteiger partial charge in [-0.1, -0.05) is 12.1 Å². The Labute approximate surface area is 95.6 Å². The first-order valence-corrected chi connectivity index (χ1v) is 4.84. The minimum atomic E-state index is -1.39. The predicted octanol–water partition coefficient (Wildman–Crippen LogP) is 1.57. The molecule has 1 aromatic carbocycles. The molecular formula is C12H9FO4. The van der Waals surface area contributed by atoms with Crippen molar-refractivity contribution in [1.82, 2.24) is 0 Å². The second-order valence-electron chi connectivity index (χ2n) is 3.46. The first-order valence-electron chi connectivity index (χ1n) is 4.84. The Hall–Kier alpha value is -2.14. The van der Waals surface area contributed by atoms with Crippen LogP contribution in [0.3, 0.4) is 0 Å². The lowest BCUT2D eigenvalue weighted by atomic mass is 10.1. The van der Waals surface area contributed by atoms with Gasteiger partial charge in [0.25, 0.3) is 0 Å². The Morgan fingerprint density at radius 1 is 1.29 bits per heavy atom. The van der Waals surface area contributed by atoms with Crippen LogP contribution in [-0.4, -0.2) is 10.2 Å². The zero-order valence-electron chi connectivity index (χ0n) is 8.63. The molecule has 88 valence electrons.